The Hall–Kier alpha value is -3.42. The highest BCUT2D eigenvalue weighted by atomic mass is 35.5. The van der Waals surface area contributed by atoms with Gasteiger partial charge in [0.15, 0.2) is 5.17 Å². The molecule has 35 heavy (non-hydrogen) atoms. The first kappa shape index (κ1) is 23.3. The molecule has 2 aliphatic rings. The number of hydrogen-bond donors (Lipinski definition) is 1. The van der Waals surface area contributed by atoms with Gasteiger partial charge in [0.1, 0.15) is 5.25 Å². The number of carbonyl (C=O) groups excluding carboxylic acids is 2. The Bertz CT molecular complexity index is 1320. The first-order valence-corrected chi connectivity index (χ1v) is 12.6. The number of aryl methyl sites for hydroxylation is 1. The summed E-state index contributed by atoms with van der Waals surface area (Å²) in [5.41, 5.74) is 4.66. The van der Waals surface area contributed by atoms with Crippen molar-refractivity contribution in [3.63, 3.8) is 0 Å². The molecule has 2 aliphatic heterocycles. The monoisotopic (exact) mass is 502 g/mol. The van der Waals surface area contributed by atoms with Crippen molar-refractivity contribution in [1.82, 2.24) is 5.01 Å². The van der Waals surface area contributed by atoms with Crippen molar-refractivity contribution >= 4 is 51.7 Å². The Morgan fingerprint density at radius 3 is 2.51 bits per heavy atom. The number of nitrogens with one attached hydrogen (secondary N) is 1. The standard InChI is InChI=1S/C27H23ClN4O2S/c1-17-7-5-6-10-21(17)29-25(33)16-24-26(34)30-27(35-24)32-23(19-8-3-2-4-9-19)15-22(31-32)18-11-13-20(28)14-12-18/h2-14,23-24H,15-16H2,1H3,(H,29,33)/t23-,24+/m1/s1. The lowest BCUT2D eigenvalue weighted by Gasteiger charge is -2.23. The summed E-state index contributed by atoms with van der Waals surface area (Å²) in [5.74, 6) is -0.528. The van der Waals surface area contributed by atoms with Crippen LogP contribution in [-0.2, 0) is 9.59 Å². The fourth-order valence-electron chi connectivity index (χ4n) is 4.13. The summed E-state index contributed by atoms with van der Waals surface area (Å²) < 4.78 is 0. The number of anilines is 1. The number of amides is 2. The molecule has 0 aliphatic carbocycles. The van der Waals surface area contributed by atoms with Gasteiger partial charge in [0, 0.05) is 23.6 Å². The van der Waals surface area contributed by atoms with Crippen LogP contribution in [0.15, 0.2) is 89.0 Å². The second-order valence-electron chi connectivity index (χ2n) is 8.44. The van der Waals surface area contributed by atoms with Gasteiger partial charge >= 0.3 is 0 Å². The van der Waals surface area contributed by atoms with Crippen molar-refractivity contribution < 1.29 is 9.59 Å². The molecule has 3 aromatic rings. The van der Waals surface area contributed by atoms with Crippen molar-refractivity contribution in [2.24, 2.45) is 10.1 Å². The molecule has 176 valence electrons. The van der Waals surface area contributed by atoms with Gasteiger partial charge in [0.25, 0.3) is 5.91 Å². The number of hydrogen-bond acceptors (Lipinski definition) is 5. The van der Waals surface area contributed by atoms with Crippen molar-refractivity contribution in [2.45, 2.75) is 31.1 Å². The van der Waals surface area contributed by atoms with E-state index in [0.29, 0.717) is 16.6 Å². The van der Waals surface area contributed by atoms with Crippen LogP contribution in [-0.4, -0.2) is 33.0 Å². The van der Waals surface area contributed by atoms with Crippen molar-refractivity contribution in [3.05, 3.63) is 101 Å². The van der Waals surface area contributed by atoms with Crippen LogP contribution in [0.1, 0.15) is 35.6 Å². The lowest BCUT2D eigenvalue weighted by molar-refractivity contribution is -0.121. The van der Waals surface area contributed by atoms with Gasteiger partial charge in [-0.3, -0.25) is 9.59 Å². The third-order valence-electron chi connectivity index (χ3n) is 5.99. The summed E-state index contributed by atoms with van der Waals surface area (Å²) in [6, 6.07) is 25.1. The number of halogens is 1. The molecule has 0 saturated carbocycles. The molecule has 0 radical (unpaired) electrons. The smallest absolute Gasteiger partial charge is 0.262 e. The fraction of sp³-hybridized carbons (Fsp3) is 0.185. The van der Waals surface area contributed by atoms with Crippen LogP contribution >= 0.6 is 23.4 Å². The largest absolute Gasteiger partial charge is 0.326 e. The van der Waals surface area contributed by atoms with Crippen LogP contribution in [0, 0.1) is 6.92 Å². The fourth-order valence-corrected chi connectivity index (χ4v) is 5.31. The topological polar surface area (TPSA) is 74.1 Å². The molecule has 2 heterocycles. The predicted molar refractivity (Wildman–Crippen MR) is 142 cm³/mol. The molecule has 0 aromatic heterocycles. The number of aliphatic imine (C=N–C) groups is 1. The van der Waals surface area contributed by atoms with Crippen LogP contribution in [0.25, 0.3) is 0 Å². The van der Waals surface area contributed by atoms with Crippen LogP contribution in [0.4, 0.5) is 5.69 Å². The highest BCUT2D eigenvalue weighted by Crippen LogP contribution is 2.38. The minimum absolute atomic E-state index is 0.0441. The number of hydrazone groups is 1. The maximum atomic E-state index is 12.8. The second-order valence-corrected chi connectivity index (χ2v) is 10.0. The number of nitrogens with zero attached hydrogens (tertiary/aromatic N) is 3. The van der Waals surface area contributed by atoms with Crippen molar-refractivity contribution in [2.75, 3.05) is 5.32 Å². The van der Waals surface area contributed by atoms with Crippen molar-refractivity contribution in [1.29, 1.82) is 0 Å². The summed E-state index contributed by atoms with van der Waals surface area (Å²) in [6.07, 6.45) is 0.709. The van der Waals surface area contributed by atoms with E-state index in [-0.39, 0.29) is 24.3 Å². The van der Waals surface area contributed by atoms with E-state index in [1.165, 1.54) is 11.8 Å². The van der Waals surface area contributed by atoms with Gasteiger partial charge in [-0.15, -0.1) is 0 Å². The van der Waals surface area contributed by atoms with Crippen LogP contribution in [0.3, 0.4) is 0 Å². The molecule has 0 unspecified atom stereocenters. The quantitative estimate of drug-likeness (QED) is 0.476. The zero-order valence-corrected chi connectivity index (χ0v) is 20.6. The molecular weight excluding hydrogens is 480 g/mol. The van der Waals surface area contributed by atoms with Gasteiger partial charge in [-0.05, 0) is 41.8 Å². The van der Waals surface area contributed by atoms with E-state index in [1.54, 1.807) is 0 Å². The molecule has 1 N–H and O–H groups in total. The average molecular weight is 503 g/mol. The van der Waals surface area contributed by atoms with E-state index >= 15 is 0 Å². The number of thioether (sulfide) groups is 1. The minimum atomic E-state index is -0.583. The molecule has 3 aromatic carbocycles. The van der Waals surface area contributed by atoms with E-state index in [4.69, 9.17) is 16.7 Å². The summed E-state index contributed by atoms with van der Waals surface area (Å²) >= 11 is 7.36. The molecule has 8 heteroatoms. The summed E-state index contributed by atoms with van der Waals surface area (Å²) in [5, 5.41) is 10.2. The molecule has 0 fully saturated rings. The Balaban J connectivity index is 1.35. The summed E-state index contributed by atoms with van der Waals surface area (Å²) in [7, 11) is 0. The maximum absolute atomic E-state index is 12.8. The van der Waals surface area contributed by atoms with E-state index in [2.05, 4.69) is 10.3 Å². The molecule has 0 spiro atoms. The number of benzene rings is 3. The van der Waals surface area contributed by atoms with Crippen molar-refractivity contribution in [3.8, 4) is 0 Å². The van der Waals surface area contributed by atoms with Gasteiger partial charge in [0.05, 0.1) is 11.8 Å². The molecule has 5 rings (SSSR count). The lowest BCUT2D eigenvalue weighted by Crippen LogP contribution is -2.25. The van der Waals surface area contributed by atoms with Gasteiger partial charge in [-0.2, -0.15) is 10.1 Å². The molecular formula is C27H23ClN4O2S. The average Bonchev–Trinajstić information content (AvgIpc) is 3.46. The zero-order chi connectivity index (χ0) is 24.4. The van der Waals surface area contributed by atoms with Crippen LogP contribution in [0.5, 0.6) is 0 Å². The second kappa shape index (κ2) is 10.1. The first-order valence-electron chi connectivity index (χ1n) is 11.3. The number of carbonyl (C=O) groups is 2. The zero-order valence-electron chi connectivity index (χ0n) is 19.0. The number of rotatable bonds is 5. The molecule has 6 nitrogen and oxygen atoms in total. The summed E-state index contributed by atoms with van der Waals surface area (Å²) in [6.45, 7) is 1.93. The Labute approximate surface area is 213 Å². The normalized spacial score (nSPS) is 19.5. The van der Waals surface area contributed by atoms with Gasteiger partial charge in [-0.1, -0.05) is 84.0 Å². The third kappa shape index (κ3) is 5.16. The predicted octanol–water partition coefficient (Wildman–Crippen LogP) is 5.83. The molecule has 0 saturated heterocycles. The summed E-state index contributed by atoms with van der Waals surface area (Å²) in [4.78, 5) is 29.7. The number of para-hydroxylation sites is 1. The van der Waals surface area contributed by atoms with E-state index in [1.807, 2.05) is 90.8 Å². The van der Waals surface area contributed by atoms with E-state index in [9.17, 15) is 9.59 Å². The van der Waals surface area contributed by atoms with Crippen LogP contribution in [0.2, 0.25) is 5.02 Å². The molecule has 0 bridgehead atoms. The third-order valence-corrected chi connectivity index (χ3v) is 7.38. The van der Waals surface area contributed by atoms with Crippen LogP contribution < -0.4 is 5.32 Å². The number of amidine groups is 1. The molecule has 2 atom stereocenters. The highest BCUT2D eigenvalue weighted by Gasteiger charge is 2.39. The minimum Gasteiger partial charge on any atom is -0.326 e. The first-order chi connectivity index (χ1) is 17.0. The Morgan fingerprint density at radius 2 is 1.77 bits per heavy atom. The maximum Gasteiger partial charge on any atom is 0.262 e. The van der Waals surface area contributed by atoms with Gasteiger partial charge in [-0.25, -0.2) is 5.01 Å². The Morgan fingerprint density at radius 1 is 1.06 bits per heavy atom. The van der Waals surface area contributed by atoms with E-state index in [0.717, 1.165) is 28.1 Å². The van der Waals surface area contributed by atoms with E-state index < -0.39 is 5.25 Å². The highest BCUT2D eigenvalue weighted by molar-refractivity contribution is 8.15. The lowest BCUT2D eigenvalue weighted by atomic mass is 9.99. The SMILES string of the molecule is Cc1ccccc1NC(=O)C[C@@H]1SC(N2N=C(c3ccc(Cl)cc3)C[C@@H]2c2ccccc2)=NC1=O. The van der Waals surface area contributed by atoms with Gasteiger partial charge in [0.2, 0.25) is 5.91 Å². The Kier molecular flexibility index (Phi) is 6.70. The van der Waals surface area contributed by atoms with Gasteiger partial charge < -0.3 is 5.32 Å². The molecule has 2 amide bonds.